The summed E-state index contributed by atoms with van der Waals surface area (Å²) in [6.45, 7) is -1.03. The van der Waals surface area contributed by atoms with E-state index in [1.54, 1.807) is 0 Å². The zero-order valence-electron chi connectivity index (χ0n) is 10.8. The fourth-order valence-electron chi connectivity index (χ4n) is 1.40. The summed E-state index contributed by atoms with van der Waals surface area (Å²) in [6.07, 6.45) is 2.31. The molecule has 0 bridgehead atoms. The zero-order chi connectivity index (χ0) is 16.0. The number of urea groups is 1. The number of carbonyl (C=O) groups excluding carboxylic acids is 3. The minimum Gasteiger partial charge on any atom is -0.478 e. The lowest BCUT2D eigenvalue weighted by Crippen LogP contribution is -2.45. The van der Waals surface area contributed by atoms with Gasteiger partial charge in [0.05, 0.1) is 17.4 Å². The number of nitrogens with one attached hydrogen (secondary N) is 1. The maximum atomic E-state index is 11.9. The molecule has 1 rings (SSSR count). The average molecular weight is 295 g/mol. The lowest BCUT2D eigenvalue weighted by molar-refractivity contribution is -0.120. The molecule has 0 saturated heterocycles. The number of anilines is 1. The molecule has 0 unspecified atom stereocenters. The van der Waals surface area contributed by atoms with Crippen molar-refractivity contribution in [2.75, 3.05) is 18.4 Å². The van der Waals surface area contributed by atoms with Gasteiger partial charge in [-0.05, 0) is 6.07 Å². The van der Waals surface area contributed by atoms with Gasteiger partial charge in [0.1, 0.15) is 13.1 Å². The van der Waals surface area contributed by atoms with Crippen LogP contribution in [-0.2, 0) is 9.59 Å². The van der Waals surface area contributed by atoms with Crippen molar-refractivity contribution >= 4 is 29.5 Å². The molecule has 0 atom stereocenters. The highest BCUT2D eigenvalue weighted by molar-refractivity contribution is 5.95. The number of carboxylic acid groups (broad SMARTS) is 1. The van der Waals surface area contributed by atoms with E-state index in [4.69, 9.17) is 16.6 Å². The molecule has 0 spiro atoms. The number of aromatic nitrogens is 1. The van der Waals surface area contributed by atoms with E-state index >= 15 is 0 Å². The molecule has 0 fully saturated rings. The van der Waals surface area contributed by atoms with E-state index < -0.39 is 36.9 Å². The molecule has 0 aliphatic heterocycles. The van der Waals surface area contributed by atoms with Crippen molar-refractivity contribution in [3.05, 3.63) is 24.0 Å². The average Bonchev–Trinajstić information content (AvgIpc) is 2.37. The number of carboxylic acids is 1. The van der Waals surface area contributed by atoms with Crippen molar-refractivity contribution in [3.63, 3.8) is 0 Å². The molecule has 0 radical (unpaired) electrons. The van der Waals surface area contributed by atoms with Gasteiger partial charge in [0, 0.05) is 6.20 Å². The lowest BCUT2D eigenvalue weighted by Gasteiger charge is -2.19. The van der Waals surface area contributed by atoms with E-state index in [2.05, 4.69) is 10.3 Å². The van der Waals surface area contributed by atoms with Gasteiger partial charge in [-0.3, -0.25) is 14.6 Å². The molecule has 0 saturated carbocycles. The van der Waals surface area contributed by atoms with Gasteiger partial charge in [-0.2, -0.15) is 0 Å². The van der Waals surface area contributed by atoms with Crippen LogP contribution in [0.5, 0.6) is 0 Å². The van der Waals surface area contributed by atoms with E-state index in [1.807, 2.05) is 0 Å². The second-order valence-electron chi connectivity index (χ2n) is 3.99. The molecule has 1 aromatic rings. The summed E-state index contributed by atoms with van der Waals surface area (Å²) in [7, 11) is 0. The Hall–Kier alpha value is -3.17. The second kappa shape index (κ2) is 6.84. The number of aromatic carboxylic acids is 1. The Morgan fingerprint density at radius 3 is 2.19 bits per heavy atom. The van der Waals surface area contributed by atoms with Crippen molar-refractivity contribution in [2.45, 2.75) is 0 Å². The molecule has 21 heavy (non-hydrogen) atoms. The molecule has 112 valence electrons. The third-order valence-electron chi connectivity index (χ3n) is 2.22. The summed E-state index contributed by atoms with van der Waals surface area (Å²) in [5.41, 5.74) is 9.87. The highest BCUT2D eigenvalue weighted by Gasteiger charge is 2.18. The molecular formula is C11H13N5O5. The molecule has 0 aromatic carbocycles. The fourth-order valence-corrected chi connectivity index (χ4v) is 1.40. The van der Waals surface area contributed by atoms with Gasteiger partial charge in [0.25, 0.3) is 0 Å². The van der Waals surface area contributed by atoms with Crippen molar-refractivity contribution in [3.8, 4) is 0 Å². The quantitative estimate of drug-likeness (QED) is 0.502. The highest BCUT2D eigenvalue weighted by atomic mass is 16.4. The predicted molar refractivity (Wildman–Crippen MR) is 70.2 cm³/mol. The van der Waals surface area contributed by atoms with Crippen LogP contribution in [0.2, 0.25) is 0 Å². The van der Waals surface area contributed by atoms with Gasteiger partial charge in [-0.15, -0.1) is 0 Å². The largest absolute Gasteiger partial charge is 0.478 e. The normalized spacial score (nSPS) is 9.71. The van der Waals surface area contributed by atoms with Crippen LogP contribution in [0.25, 0.3) is 0 Å². The number of nitrogens with zero attached hydrogens (tertiary/aromatic N) is 2. The van der Waals surface area contributed by atoms with E-state index in [-0.39, 0.29) is 11.3 Å². The summed E-state index contributed by atoms with van der Waals surface area (Å²) >= 11 is 0. The molecule has 0 aliphatic rings. The second-order valence-corrected chi connectivity index (χ2v) is 3.99. The van der Waals surface area contributed by atoms with Gasteiger partial charge >= 0.3 is 12.0 Å². The van der Waals surface area contributed by atoms with Crippen LogP contribution in [0.15, 0.2) is 18.5 Å². The maximum Gasteiger partial charge on any atom is 0.337 e. The fraction of sp³-hybridized carbons (Fsp3) is 0.182. The third-order valence-corrected chi connectivity index (χ3v) is 2.22. The minimum atomic E-state index is -1.22. The summed E-state index contributed by atoms with van der Waals surface area (Å²) in [5.74, 6) is -2.88. The first kappa shape index (κ1) is 15.9. The van der Waals surface area contributed by atoms with Crippen LogP contribution in [-0.4, -0.2) is 51.9 Å². The van der Waals surface area contributed by atoms with Crippen molar-refractivity contribution < 1.29 is 24.3 Å². The molecule has 10 heteroatoms. The van der Waals surface area contributed by atoms with Crippen LogP contribution in [0.4, 0.5) is 10.5 Å². The van der Waals surface area contributed by atoms with Gasteiger partial charge in [-0.25, -0.2) is 9.59 Å². The topological polar surface area (TPSA) is 169 Å². The van der Waals surface area contributed by atoms with Crippen LogP contribution in [0, 0.1) is 0 Å². The molecule has 4 amide bonds. The van der Waals surface area contributed by atoms with Crippen LogP contribution in [0.3, 0.4) is 0 Å². The monoisotopic (exact) mass is 295 g/mol. The molecule has 6 N–H and O–H groups in total. The first-order chi connectivity index (χ1) is 9.79. The van der Waals surface area contributed by atoms with Crippen LogP contribution < -0.4 is 16.8 Å². The number of nitrogens with two attached hydrogens (primary N) is 2. The Morgan fingerprint density at radius 1 is 1.14 bits per heavy atom. The van der Waals surface area contributed by atoms with Crippen LogP contribution >= 0.6 is 0 Å². The number of carbonyl (C=O) groups is 4. The Balaban J connectivity index is 2.85. The SMILES string of the molecule is NC(=O)CN(CC(N)=O)C(=O)Nc1cncc(C(=O)O)c1. The molecule has 10 nitrogen and oxygen atoms in total. The van der Waals surface area contributed by atoms with Gasteiger partial charge in [-0.1, -0.05) is 0 Å². The van der Waals surface area contributed by atoms with E-state index in [1.165, 1.54) is 12.3 Å². The number of hydrogen-bond donors (Lipinski definition) is 4. The number of pyridine rings is 1. The number of amides is 4. The van der Waals surface area contributed by atoms with E-state index in [0.717, 1.165) is 11.1 Å². The van der Waals surface area contributed by atoms with E-state index in [9.17, 15) is 19.2 Å². The lowest BCUT2D eigenvalue weighted by atomic mass is 10.2. The van der Waals surface area contributed by atoms with Crippen LogP contribution in [0.1, 0.15) is 10.4 Å². The highest BCUT2D eigenvalue weighted by Crippen LogP contribution is 2.09. The Labute approximate surface area is 118 Å². The number of primary amides is 2. The summed E-state index contributed by atoms with van der Waals surface area (Å²) in [5, 5.41) is 11.1. The standard InChI is InChI=1S/C11H13N5O5/c12-8(17)4-16(5-9(13)18)11(21)15-7-1-6(10(19)20)2-14-3-7/h1-3H,4-5H2,(H2,12,17)(H2,13,18)(H,15,21)(H,19,20). The summed E-state index contributed by atoms with van der Waals surface area (Å²) in [4.78, 5) is 48.8. The maximum absolute atomic E-state index is 11.9. The Bertz CT molecular complexity index is 572. The molecule has 0 aliphatic carbocycles. The zero-order valence-corrected chi connectivity index (χ0v) is 10.8. The Morgan fingerprint density at radius 2 is 1.71 bits per heavy atom. The predicted octanol–water partition coefficient (Wildman–Crippen LogP) is -1.42. The number of rotatable bonds is 6. The molecule has 1 heterocycles. The van der Waals surface area contributed by atoms with Crippen molar-refractivity contribution in [1.29, 1.82) is 0 Å². The number of hydrogen-bond acceptors (Lipinski definition) is 5. The van der Waals surface area contributed by atoms with E-state index in [0.29, 0.717) is 0 Å². The smallest absolute Gasteiger partial charge is 0.337 e. The van der Waals surface area contributed by atoms with Gasteiger partial charge in [0.2, 0.25) is 11.8 Å². The molecule has 1 aromatic heterocycles. The first-order valence-corrected chi connectivity index (χ1v) is 5.60. The summed E-state index contributed by atoms with van der Waals surface area (Å²) < 4.78 is 0. The van der Waals surface area contributed by atoms with Crippen molar-refractivity contribution in [2.24, 2.45) is 11.5 Å². The summed E-state index contributed by atoms with van der Waals surface area (Å²) in [6, 6.07) is 0.330. The Kier molecular flexibility index (Phi) is 5.17. The van der Waals surface area contributed by atoms with Gasteiger partial charge < -0.3 is 26.8 Å². The van der Waals surface area contributed by atoms with Gasteiger partial charge in [0.15, 0.2) is 0 Å². The minimum absolute atomic E-state index is 0.0823. The third kappa shape index (κ3) is 5.14. The molecular weight excluding hydrogens is 282 g/mol. The first-order valence-electron chi connectivity index (χ1n) is 5.60. The van der Waals surface area contributed by atoms with Crippen molar-refractivity contribution in [1.82, 2.24) is 9.88 Å².